The summed E-state index contributed by atoms with van der Waals surface area (Å²) in [6, 6.07) is 3.79. The molecule has 1 aromatic rings. The average molecular weight is 226 g/mol. The maximum absolute atomic E-state index is 13.3. The molecule has 88 valence electrons. The van der Waals surface area contributed by atoms with Crippen molar-refractivity contribution in [2.75, 3.05) is 6.61 Å². The summed E-state index contributed by atoms with van der Waals surface area (Å²) in [6.45, 7) is 4.51. The molecule has 0 atom stereocenters. The van der Waals surface area contributed by atoms with Gasteiger partial charge in [-0.05, 0) is 29.9 Å². The monoisotopic (exact) mass is 226 g/mol. The van der Waals surface area contributed by atoms with Crippen molar-refractivity contribution >= 4 is 12.6 Å². The number of rotatable bonds is 5. The van der Waals surface area contributed by atoms with Crippen molar-refractivity contribution in [2.24, 2.45) is 5.92 Å². The molecule has 1 aromatic carbocycles. The molecule has 0 amide bonds. The molecule has 1 rings (SSSR count). The van der Waals surface area contributed by atoms with Crippen molar-refractivity contribution in [1.29, 1.82) is 0 Å². The van der Waals surface area contributed by atoms with Crippen LogP contribution in [-0.4, -0.2) is 23.8 Å². The van der Waals surface area contributed by atoms with Crippen molar-refractivity contribution in [1.82, 2.24) is 0 Å². The van der Waals surface area contributed by atoms with E-state index in [0.29, 0.717) is 12.5 Å². The summed E-state index contributed by atoms with van der Waals surface area (Å²) in [5, 5.41) is 17.9. The van der Waals surface area contributed by atoms with Gasteiger partial charge in [0, 0.05) is 0 Å². The van der Waals surface area contributed by atoms with Crippen LogP contribution in [0.4, 0.5) is 4.39 Å². The van der Waals surface area contributed by atoms with Crippen molar-refractivity contribution in [2.45, 2.75) is 20.3 Å². The molecule has 0 aromatic heterocycles. The zero-order valence-electron chi connectivity index (χ0n) is 9.48. The Bertz CT molecular complexity index is 342. The minimum Gasteiger partial charge on any atom is -0.491 e. The van der Waals surface area contributed by atoms with Gasteiger partial charge in [0.15, 0.2) is 11.6 Å². The van der Waals surface area contributed by atoms with Gasteiger partial charge in [0.2, 0.25) is 0 Å². The van der Waals surface area contributed by atoms with Crippen LogP contribution in [-0.2, 0) is 0 Å². The third kappa shape index (κ3) is 3.83. The quantitative estimate of drug-likeness (QED) is 0.734. The molecule has 0 aliphatic carbocycles. The Labute approximate surface area is 95.0 Å². The van der Waals surface area contributed by atoms with Gasteiger partial charge in [-0.25, -0.2) is 4.39 Å². The van der Waals surface area contributed by atoms with Crippen molar-refractivity contribution in [3.8, 4) is 5.75 Å². The molecule has 0 saturated carbocycles. The maximum atomic E-state index is 13.3. The minimum absolute atomic E-state index is 0.0613. The lowest BCUT2D eigenvalue weighted by Gasteiger charge is -2.10. The van der Waals surface area contributed by atoms with Crippen molar-refractivity contribution in [3.05, 3.63) is 24.0 Å². The molecule has 0 bridgehead atoms. The predicted octanol–water partition coefficient (Wildman–Crippen LogP) is 0.930. The van der Waals surface area contributed by atoms with Gasteiger partial charge in [-0.3, -0.25) is 0 Å². The van der Waals surface area contributed by atoms with Crippen LogP contribution in [0.15, 0.2) is 18.2 Å². The molecule has 0 aliphatic rings. The van der Waals surface area contributed by atoms with E-state index in [2.05, 4.69) is 0 Å². The van der Waals surface area contributed by atoms with E-state index in [1.54, 1.807) is 0 Å². The van der Waals surface area contributed by atoms with E-state index in [-0.39, 0.29) is 11.2 Å². The third-order valence-electron chi connectivity index (χ3n) is 2.21. The highest BCUT2D eigenvalue weighted by Crippen LogP contribution is 2.15. The largest absolute Gasteiger partial charge is 0.491 e. The molecule has 16 heavy (non-hydrogen) atoms. The van der Waals surface area contributed by atoms with Crippen LogP contribution in [0.2, 0.25) is 0 Å². The van der Waals surface area contributed by atoms with Gasteiger partial charge in [-0.1, -0.05) is 19.9 Å². The highest BCUT2D eigenvalue weighted by Gasteiger charge is 2.14. The molecule has 5 heteroatoms. The van der Waals surface area contributed by atoms with Gasteiger partial charge in [0.1, 0.15) is 0 Å². The molecule has 0 aliphatic heterocycles. The third-order valence-corrected chi connectivity index (χ3v) is 2.21. The number of hydrogen-bond donors (Lipinski definition) is 2. The summed E-state index contributed by atoms with van der Waals surface area (Å²) >= 11 is 0. The second kappa shape index (κ2) is 5.87. The van der Waals surface area contributed by atoms with E-state index in [1.807, 2.05) is 13.8 Å². The SMILES string of the molecule is CC(C)CCOc1cc(B(O)O)ccc1F. The Morgan fingerprint density at radius 1 is 1.38 bits per heavy atom. The van der Waals surface area contributed by atoms with E-state index < -0.39 is 12.9 Å². The fourth-order valence-corrected chi connectivity index (χ4v) is 1.20. The highest BCUT2D eigenvalue weighted by molar-refractivity contribution is 6.58. The van der Waals surface area contributed by atoms with Crippen LogP contribution in [0, 0.1) is 11.7 Å². The van der Waals surface area contributed by atoms with Crippen LogP contribution in [0.3, 0.4) is 0 Å². The first-order chi connectivity index (χ1) is 7.50. The first kappa shape index (κ1) is 13.0. The summed E-state index contributed by atoms with van der Waals surface area (Å²) in [6.07, 6.45) is 0.825. The molecule has 0 radical (unpaired) electrons. The zero-order valence-corrected chi connectivity index (χ0v) is 9.48. The predicted molar refractivity (Wildman–Crippen MR) is 61.2 cm³/mol. The van der Waals surface area contributed by atoms with Gasteiger partial charge in [-0.15, -0.1) is 0 Å². The lowest BCUT2D eigenvalue weighted by Crippen LogP contribution is -2.29. The number of ether oxygens (including phenoxy) is 1. The summed E-state index contributed by atoms with van der Waals surface area (Å²) in [4.78, 5) is 0. The van der Waals surface area contributed by atoms with Crippen LogP contribution >= 0.6 is 0 Å². The molecule has 2 N–H and O–H groups in total. The van der Waals surface area contributed by atoms with Crippen LogP contribution in [0.1, 0.15) is 20.3 Å². The Balaban J connectivity index is 2.67. The van der Waals surface area contributed by atoms with Crippen LogP contribution < -0.4 is 10.2 Å². The Hall–Kier alpha value is -1.07. The van der Waals surface area contributed by atoms with E-state index in [1.165, 1.54) is 18.2 Å². The second-order valence-electron chi connectivity index (χ2n) is 4.09. The maximum Gasteiger partial charge on any atom is 0.488 e. The second-order valence-corrected chi connectivity index (χ2v) is 4.09. The molecule has 3 nitrogen and oxygen atoms in total. The average Bonchev–Trinajstić information content (AvgIpc) is 2.20. The van der Waals surface area contributed by atoms with Gasteiger partial charge < -0.3 is 14.8 Å². The van der Waals surface area contributed by atoms with Gasteiger partial charge in [0.25, 0.3) is 0 Å². The first-order valence-corrected chi connectivity index (χ1v) is 5.29. The summed E-state index contributed by atoms with van der Waals surface area (Å²) < 4.78 is 18.5. The zero-order chi connectivity index (χ0) is 12.1. The number of halogens is 1. The Morgan fingerprint density at radius 3 is 2.62 bits per heavy atom. The summed E-state index contributed by atoms with van der Waals surface area (Å²) in [5.41, 5.74) is 0.223. The van der Waals surface area contributed by atoms with Crippen LogP contribution in [0.25, 0.3) is 0 Å². The topological polar surface area (TPSA) is 49.7 Å². The molecule has 0 fully saturated rings. The molecular formula is C11H16BFO3. The Kier molecular flexibility index (Phi) is 4.77. The van der Waals surface area contributed by atoms with E-state index >= 15 is 0 Å². The fraction of sp³-hybridized carbons (Fsp3) is 0.455. The smallest absolute Gasteiger partial charge is 0.488 e. The van der Waals surface area contributed by atoms with E-state index in [4.69, 9.17) is 14.8 Å². The fourth-order valence-electron chi connectivity index (χ4n) is 1.20. The van der Waals surface area contributed by atoms with Crippen molar-refractivity contribution in [3.63, 3.8) is 0 Å². The molecule has 0 saturated heterocycles. The lowest BCUT2D eigenvalue weighted by molar-refractivity contribution is 0.277. The van der Waals surface area contributed by atoms with Crippen molar-refractivity contribution < 1.29 is 19.2 Å². The molecule has 0 spiro atoms. The molecular weight excluding hydrogens is 210 g/mol. The standard InChI is InChI=1S/C11H16BFO3/c1-8(2)5-6-16-11-7-9(12(14)15)3-4-10(11)13/h3-4,7-8,14-15H,5-6H2,1-2H3. The number of hydrogen-bond acceptors (Lipinski definition) is 3. The van der Waals surface area contributed by atoms with Crippen LogP contribution in [0.5, 0.6) is 5.75 Å². The highest BCUT2D eigenvalue weighted by atomic mass is 19.1. The number of benzene rings is 1. The van der Waals surface area contributed by atoms with Gasteiger partial charge >= 0.3 is 7.12 Å². The molecule has 0 unspecified atom stereocenters. The van der Waals surface area contributed by atoms with E-state index in [9.17, 15) is 4.39 Å². The van der Waals surface area contributed by atoms with Gasteiger partial charge in [0.05, 0.1) is 6.61 Å². The summed E-state index contributed by atoms with van der Waals surface area (Å²) in [7, 11) is -1.60. The first-order valence-electron chi connectivity index (χ1n) is 5.29. The summed E-state index contributed by atoms with van der Waals surface area (Å²) in [5.74, 6) is 0.0501. The lowest BCUT2D eigenvalue weighted by atomic mass is 9.80. The van der Waals surface area contributed by atoms with Gasteiger partial charge in [-0.2, -0.15) is 0 Å². The normalized spacial score (nSPS) is 10.6. The Morgan fingerprint density at radius 2 is 2.06 bits per heavy atom. The van der Waals surface area contributed by atoms with E-state index in [0.717, 1.165) is 6.42 Å². The minimum atomic E-state index is -1.60. The molecule has 0 heterocycles.